The van der Waals surface area contributed by atoms with E-state index < -0.39 is 6.10 Å². The summed E-state index contributed by atoms with van der Waals surface area (Å²) in [7, 11) is 0. The first-order valence-corrected chi connectivity index (χ1v) is 8.96. The number of nitrogens with one attached hydrogen (secondary N) is 2. The molecule has 3 N–H and O–H groups in total. The number of benzene rings is 1. The van der Waals surface area contributed by atoms with Crippen LogP contribution in [0.2, 0.25) is 0 Å². The van der Waals surface area contributed by atoms with Gasteiger partial charge in [0.05, 0.1) is 12.2 Å². The summed E-state index contributed by atoms with van der Waals surface area (Å²) in [5, 5.41) is 16.4. The molecule has 1 aromatic carbocycles. The molecule has 1 unspecified atom stereocenters. The zero-order valence-electron chi connectivity index (χ0n) is 15.2. The number of rotatable bonds is 8. The fourth-order valence-corrected chi connectivity index (χ4v) is 2.96. The van der Waals surface area contributed by atoms with E-state index in [1.54, 1.807) is 0 Å². The standard InChI is InChI=1S/C19H30N2O3.ClH/c1-14(2)24-17-6-4-16(5-7-17)18(22)13-21-19(23)8-3-15-9-11-20-12-10-15;/h4-7,14-15,18,20,22H,3,8-13H2,1-2H3,(H,21,23);1H. The Morgan fingerprint density at radius 2 is 1.92 bits per heavy atom. The van der Waals surface area contributed by atoms with Gasteiger partial charge < -0.3 is 20.5 Å². The molecule has 0 saturated carbocycles. The highest BCUT2D eigenvalue weighted by molar-refractivity contribution is 5.85. The molecule has 142 valence electrons. The van der Waals surface area contributed by atoms with Gasteiger partial charge in [0.2, 0.25) is 5.91 Å². The topological polar surface area (TPSA) is 70.6 Å². The van der Waals surface area contributed by atoms with Gasteiger partial charge in [0.25, 0.3) is 0 Å². The number of amides is 1. The van der Waals surface area contributed by atoms with Crippen LogP contribution in [0.3, 0.4) is 0 Å². The first kappa shape index (κ1) is 21.7. The summed E-state index contributed by atoms with van der Waals surface area (Å²) in [4.78, 5) is 11.9. The average molecular weight is 371 g/mol. The zero-order valence-corrected chi connectivity index (χ0v) is 16.0. The maximum Gasteiger partial charge on any atom is 0.220 e. The lowest BCUT2D eigenvalue weighted by Crippen LogP contribution is -2.31. The summed E-state index contributed by atoms with van der Waals surface area (Å²) in [5.74, 6) is 1.45. The number of aliphatic hydroxyl groups is 1. The average Bonchev–Trinajstić information content (AvgIpc) is 2.59. The summed E-state index contributed by atoms with van der Waals surface area (Å²) in [6.07, 6.45) is 3.21. The van der Waals surface area contributed by atoms with Gasteiger partial charge in [0, 0.05) is 13.0 Å². The lowest BCUT2D eigenvalue weighted by Gasteiger charge is -2.22. The van der Waals surface area contributed by atoms with E-state index in [4.69, 9.17) is 4.74 Å². The highest BCUT2D eigenvalue weighted by Crippen LogP contribution is 2.19. The van der Waals surface area contributed by atoms with Crippen LogP contribution in [0.4, 0.5) is 0 Å². The molecule has 0 spiro atoms. The van der Waals surface area contributed by atoms with Crippen molar-refractivity contribution in [3.05, 3.63) is 29.8 Å². The normalized spacial score (nSPS) is 16.2. The minimum absolute atomic E-state index is 0. The van der Waals surface area contributed by atoms with Gasteiger partial charge in [-0.2, -0.15) is 0 Å². The molecule has 1 aliphatic heterocycles. The van der Waals surface area contributed by atoms with Crippen molar-refractivity contribution in [2.45, 2.75) is 51.7 Å². The number of aliphatic hydroxyl groups excluding tert-OH is 1. The second-order valence-corrected chi connectivity index (χ2v) is 6.79. The van der Waals surface area contributed by atoms with Crippen LogP contribution in [0.5, 0.6) is 5.75 Å². The van der Waals surface area contributed by atoms with Crippen molar-refractivity contribution in [3.63, 3.8) is 0 Å². The van der Waals surface area contributed by atoms with Crippen LogP contribution >= 0.6 is 12.4 Å². The first-order chi connectivity index (χ1) is 11.5. The third kappa shape index (κ3) is 8.08. The molecular formula is C19H31ClN2O3. The molecule has 0 aliphatic carbocycles. The van der Waals surface area contributed by atoms with Crippen molar-refractivity contribution in [2.24, 2.45) is 5.92 Å². The summed E-state index contributed by atoms with van der Waals surface area (Å²) in [6.45, 7) is 6.31. The van der Waals surface area contributed by atoms with Crippen LogP contribution in [-0.2, 0) is 4.79 Å². The SMILES string of the molecule is CC(C)Oc1ccc(C(O)CNC(=O)CCC2CCNCC2)cc1.Cl. The number of piperidine rings is 1. The van der Waals surface area contributed by atoms with Crippen LogP contribution in [-0.4, -0.2) is 36.8 Å². The molecule has 0 aromatic heterocycles. The van der Waals surface area contributed by atoms with E-state index in [-0.39, 0.29) is 31.0 Å². The van der Waals surface area contributed by atoms with E-state index in [0.29, 0.717) is 12.3 Å². The van der Waals surface area contributed by atoms with E-state index in [9.17, 15) is 9.90 Å². The van der Waals surface area contributed by atoms with Gasteiger partial charge in [-0.3, -0.25) is 4.79 Å². The molecule has 1 saturated heterocycles. The Kier molecular flexibility index (Phi) is 9.86. The van der Waals surface area contributed by atoms with Crippen LogP contribution in [0.25, 0.3) is 0 Å². The largest absolute Gasteiger partial charge is 0.491 e. The van der Waals surface area contributed by atoms with Gasteiger partial charge in [0.15, 0.2) is 0 Å². The van der Waals surface area contributed by atoms with Crippen LogP contribution in [0.15, 0.2) is 24.3 Å². The van der Waals surface area contributed by atoms with Gasteiger partial charge in [-0.15, -0.1) is 12.4 Å². The molecule has 1 amide bonds. The Morgan fingerprint density at radius 3 is 2.52 bits per heavy atom. The molecule has 5 nitrogen and oxygen atoms in total. The van der Waals surface area contributed by atoms with E-state index in [1.165, 1.54) is 0 Å². The molecule has 1 heterocycles. The number of carbonyl (C=O) groups excluding carboxylic acids is 1. The molecule has 1 atom stereocenters. The molecule has 6 heteroatoms. The summed E-state index contributed by atoms with van der Waals surface area (Å²) in [5.41, 5.74) is 0.782. The van der Waals surface area contributed by atoms with E-state index >= 15 is 0 Å². The van der Waals surface area contributed by atoms with E-state index in [1.807, 2.05) is 38.1 Å². The molecular weight excluding hydrogens is 340 g/mol. The third-order valence-electron chi connectivity index (χ3n) is 4.37. The minimum atomic E-state index is -0.694. The molecule has 0 radical (unpaired) electrons. The number of hydrogen-bond donors (Lipinski definition) is 3. The molecule has 1 fully saturated rings. The summed E-state index contributed by atoms with van der Waals surface area (Å²) >= 11 is 0. The molecule has 2 rings (SSSR count). The van der Waals surface area contributed by atoms with Gasteiger partial charge in [-0.1, -0.05) is 12.1 Å². The number of ether oxygens (including phenoxy) is 1. The third-order valence-corrected chi connectivity index (χ3v) is 4.37. The predicted molar refractivity (Wildman–Crippen MR) is 102 cm³/mol. The van der Waals surface area contributed by atoms with Crippen molar-refractivity contribution in [2.75, 3.05) is 19.6 Å². The predicted octanol–water partition coefficient (Wildman–Crippen LogP) is 2.83. The molecule has 0 bridgehead atoms. The van der Waals surface area contributed by atoms with Gasteiger partial charge in [0.1, 0.15) is 5.75 Å². The van der Waals surface area contributed by atoms with Crippen LogP contribution < -0.4 is 15.4 Å². The van der Waals surface area contributed by atoms with Gasteiger partial charge >= 0.3 is 0 Å². The van der Waals surface area contributed by atoms with Gasteiger partial charge in [-0.25, -0.2) is 0 Å². The number of hydrogen-bond acceptors (Lipinski definition) is 4. The smallest absolute Gasteiger partial charge is 0.220 e. The Hall–Kier alpha value is -1.30. The fourth-order valence-electron chi connectivity index (χ4n) is 2.96. The quantitative estimate of drug-likeness (QED) is 0.658. The highest BCUT2D eigenvalue weighted by Gasteiger charge is 2.15. The summed E-state index contributed by atoms with van der Waals surface area (Å²) in [6, 6.07) is 7.36. The second kappa shape index (κ2) is 11.3. The van der Waals surface area contributed by atoms with Crippen LogP contribution in [0.1, 0.15) is 51.2 Å². The maximum atomic E-state index is 11.9. The van der Waals surface area contributed by atoms with E-state index in [0.717, 1.165) is 43.7 Å². The van der Waals surface area contributed by atoms with Crippen molar-refractivity contribution in [1.29, 1.82) is 0 Å². The van der Waals surface area contributed by atoms with Crippen molar-refractivity contribution in [1.82, 2.24) is 10.6 Å². The molecule has 1 aliphatic rings. The Balaban J connectivity index is 0.00000312. The lowest BCUT2D eigenvalue weighted by atomic mass is 9.93. The van der Waals surface area contributed by atoms with Gasteiger partial charge in [-0.05, 0) is 69.8 Å². The van der Waals surface area contributed by atoms with Crippen molar-refractivity contribution >= 4 is 18.3 Å². The number of carbonyl (C=O) groups is 1. The summed E-state index contributed by atoms with van der Waals surface area (Å²) < 4.78 is 5.58. The fraction of sp³-hybridized carbons (Fsp3) is 0.632. The first-order valence-electron chi connectivity index (χ1n) is 8.96. The monoisotopic (exact) mass is 370 g/mol. The molecule has 25 heavy (non-hydrogen) atoms. The van der Waals surface area contributed by atoms with Crippen molar-refractivity contribution in [3.8, 4) is 5.75 Å². The number of halogens is 1. The lowest BCUT2D eigenvalue weighted by molar-refractivity contribution is -0.121. The Morgan fingerprint density at radius 1 is 1.28 bits per heavy atom. The Labute approximate surface area is 156 Å². The zero-order chi connectivity index (χ0) is 17.4. The maximum absolute atomic E-state index is 11.9. The van der Waals surface area contributed by atoms with Crippen molar-refractivity contribution < 1.29 is 14.6 Å². The highest BCUT2D eigenvalue weighted by atomic mass is 35.5. The van der Waals surface area contributed by atoms with Crippen LogP contribution in [0, 0.1) is 5.92 Å². The molecule has 1 aromatic rings. The Bertz CT molecular complexity index is 502. The van der Waals surface area contributed by atoms with E-state index in [2.05, 4.69) is 10.6 Å². The second-order valence-electron chi connectivity index (χ2n) is 6.79. The minimum Gasteiger partial charge on any atom is -0.491 e.